The second kappa shape index (κ2) is 4.72. The van der Waals surface area contributed by atoms with Crippen LogP contribution in [0.25, 0.3) is 0 Å². The normalized spacial score (nSPS) is 34.0. The molecule has 0 aromatic carbocycles. The molecule has 6 heteroatoms. The molecule has 0 aromatic heterocycles. The predicted octanol–water partition coefficient (Wildman–Crippen LogP) is 1.42. The topological polar surface area (TPSA) is 89.9 Å². The maximum Gasteiger partial charge on any atom is 0.318 e. The molecule has 2 fully saturated rings. The van der Waals surface area contributed by atoms with E-state index in [1.54, 1.807) is 0 Å². The van der Waals surface area contributed by atoms with Gasteiger partial charge in [-0.3, -0.25) is 14.4 Å². The monoisotopic (exact) mass is 292 g/mol. The molecule has 0 radical (unpaired) electrons. The molecule has 0 saturated heterocycles. The molecule has 21 heavy (non-hydrogen) atoms. The number of ether oxygens (including phenoxy) is 2. The van der Waals surface area contributed by atoms with Gasteiger partial charge in [-0.15, -0.1) is 0 Å². The minimum atomic E-state index is -1.45. The lowest BCUT2D eigenvalue weighted by Crippen LogP contribution is -2.48. The molecule has 3 atom stereocenters. The summed E-state index contributed by atoms with van der Waals surface area (Å²) in [6, 6.07) is 0. The van der Waals surface area contributed by atoms with Crippen LogP contribution in [0.2, 0.25) is 0 Å². The van der Waals surface area contributed by atoms with Crippen molar-refractivity contribution in [3.8, 4) is 0 Å². The Bertz CT molecular complexity index is 587. The van der Waals surface area contributed by atoms with Crippen molar-refractivity contribution in [3.05, 3.63) is 23.7 Å². The number of carbonyl (C=O) groups is 3. The number of rotatable bonds is 2. The molecule has 2 saturated carbocycles. The number of Topliss-reactive ketones (excluding diaryl/α,β-unsaturated/α-hetero) is 1. The lowest BCUT2D eigenvalue weighted by atomic mass is 9.64. The van der Waals surface area contributed by atoms with Gasteiger partial charge in [-0.05, 0) is 30.4 Å². The van der Waals surface area contributed by atoms with Gasteiger partial charge in [-0.25, -0.2) is 0 Å². The Kier molecular flexibility index (Phi) is 3.11. The number of carboxylic acids is 1. The summed E-state index contributed by atoms with van der Waals surface area (Å²) in [6.07, 6.45) is 4.24. The van der Waals surface area contributed by atoms with E-state index in [-0.39, 0.29) is 12.2 Å². The summed E-state index contributed by atoms with van der Waals surface area (Å²) in [6.45, 7) is 0. The third-order valence-electron chi connectivity index (χ3n) is 4.86. The highest BCUT2D eigenvalue weighted by Crippen LogP contribution is 2.59. The van der Waals surface area contributed by atoms with Crippen molar-refractivity contribution in [1.29, 1.82) is 0 Å². The summed E-state index contributed by atoms with van der Waals surface area (Å²) in [5.74, 6) is -3.59. The summed E-state index contributed by atoms with van der Waals surface area (Å²) in [4.78, 5) is 36.9. The van der Waals surface area contributed by atoms with Crippen LogP contribution in [0.1, 0.15) is 25.7 Å². The number of esters is 1. The van der Waals surface area contributed by atoms with Gasteiger partial charge in [-0.1, -0.05) is 0 Å². The van der Waals surface area contributed by atoms with E-state index >= 15 is 0 Å². The van der Waals surface area contributed by atoms with Gasteiger partial charge in [0.15, 0.2) is 0 Å². The lowest BCUT2D eigenvalue weighted by molar-refractivity contribution is -0.164. The van der Waals surface area contributed by atoms with Crippen molar-refractivity contribution < 1.29 is 29.0 Å². The van der Waals surface area contributed by atoms with Crippen LogP contribution in [-0.2, 0) is 23.9 Å². The Morgan fingerprint density at radius 3 is 2.76 bits per heavy atom. The molecule has 2 aliphatic carbocycles. The van der Waals surface area contributed by atoms with Gasteiger partial charge in [0.1, 0.15) is 17.1 Å². The van der Waals surface area contributed by atoms with E-state index in [9.17, 15) is 19.5 Å². The summed E-state index contributed by atoms with van der Waals surface area (Å²) >= 11 is 0. The Hall–Kier alpha value is -2.11. The molecule has 0 amide bonds. The second-order valence-corrected chi connectivity index (χ2v) is 5.66. The number of hydrogen-bond acceptors (Lipinski definition) is 5. The van der Waals surface area contributed by atoms with Crippen molar-refractivity contribution in [1.82, 2.24) is 0 Å². The molecule has 0 unspecified atom stereocenters. The second-order valence-electron chi connectivity index (χ2n) is 5.66. The quantitative estimate of drug-likeness (QED) is 0.774. The van der Waals surface area contributed by atoms with Crippen LogP contribution in [0.4, 0.5) is 0 Å². The smallest absolute Gasteiger partial charge is 0.318 e. The predicted molar refractivity (Wildman–Crippen MR) is 69.8 cm³/mol. The first kappa shape index (κ1) is 13.9. The van der Waals surface area contributed by atoms with E-state index in [2.05, 4.69) is 0 Å². The van der Waals surface area contributed by atoms with Gasteiger partial charge in [0.2, 0.25) is 0 Å². The molecular formula is C15H16O6. The summed E-state index contributed by atoms with van der Waals surface area (Å²) in [5.41, 5.74) is -0.429. The molecule has 1 N–H and O–H groups in total. The zero-order chi connectivity index (χ0) is 15.2. The van der Waals surface area contributed by atoms with Crippen LogP contribution in [-0.4, -0.2) is 29.9 Å². The Balaban J connectivity index is 2.31. The molecule has 6 nitrogen and oxygen atoms in total. The largest absolute Gasteiger partial charge is 0.481 e. The van der Waals surface area contributed by atoms with Crippen LogP contribution in [0.15, 0.2) is 23.7 Å². The van der Waals surface area contributed by atoms with Crippen LogP contribution in [0, 0.1) is 17.3 Å². The number of methoxy groups -OCH3 is 1. The van der Waals surface area contributed by atoms with Crippen LogP contribution < -0.4 is 0 Å². The third kappa shape index (κ3) is 1.68. The van der Waals surface area contributed by atoms with Gasteiger partial charge < -0.3 is 14.6 Å². The van der Waals surface area contributed by atoms with E-state index in [1.165, 1.54) is 19.6 Å². The maximum atomic E-state index is 12.6. The highest BCUT2D eigenvalue weighted by atomic mass is 16.5. The minimum absolute atomic E-state index is 0.0691. The van der Waals surface area contributed by atoms with Crippen molar-refractivity contribution >= 4 is 17.7 Å². The van der Waals surface area contributed by atoms with Gasteiger partial charge >= 0.3 is 11.9 Å². The molecule has 0 aromatic rings. The average Bonchev–Trinajstić information content (AvgIpc) is 2.66. The van der Waals surface area contributed by atoms with E-state index in [0.717, 1.165) is 0 Å². The van der Waals surface area contributed by atoms with Crippen molar-refractivity contribution in [2.24, 2.45) is 17.3 Å². The van der Waals surface area contributed by atoms with Crippen molar-refractivity contribution in [2.75, 3.05) is 7.11 Å². The number of ketones is 1. The summed E-state index contributed by atoms with van der Waals surface area (Å²) in [7, 11) is 1.22. The number of hydrogen-bond donors (Lipinski definition) is 1. The maximum absolute atomic E-state index is 12.6. The van der Waals surface area contributed by atoms with Crippen LogP contribution >= 0.6 is 0 Å². The summed E-state index contributed by atoms with van der Waals surface area (Å²) in [5, 5.41) is 9.71. The minimum Gasteiger partial charge on any atom is -0.481 e. The zero-order valence-corrected chi connectivity index (χ0v) is 11.6. The summed E-state index contributed by atoms with van der Waals surface area (Å²) < 4.78 is 10.2. The first-order chi connectivity index (χ1) is 10.0. The Morgan fingerprint density at radius 1 is 1.33 bits per heavy atom. The first-order valence-corrected chi connectivity index (χ1v) is 6.91. The number of fused-ring (bicyclic) bond motifs is 1. The number of carboxylic acid groups (broad SMARTS) is 1. The van der Waals surface area contributed by atoms with E-state index in [4.69, 9.17) is 9.47 Å². The zero-order valence-electron chi connectivity index (χ0n) is 11.6. The molecule has 0 spiro atoms. The van der Waals surface area contributed by atoms with Gasteiger partial charge in [0.25, 0.3) is 0 Å². The lowest BCUT2D eigenvalue weighted by Gasteiger charge is -2.35. The van der Waals surface area contributed by atoms with Crippen molar-refractivity contribution in [2.45, 2.75) is 25.7 Å². The molecular weight excluding hydrogens is 276 g/mol. The van der Waals surface area contributed by atoms with Crippen molar-refractivity contribution in [3.63, 3.8) is 0 Å². The van der Waals surface area contributed by atoms with Crippen LogP contribution in [0.5, 0.6) is 0 Å². The number of aliphatic carboxylic acids is 1. The fraction of sp³-hybridized carbons (Fsp3) is 0.533. The van der Waals surface area contributed by atoms with Gasteiger partial charge in [-0.2, -0.15) is 0 Å². The first-order valence-electron chi connectivity index (χ1n) is 6.91. The molecule has 112 valence electrons. The highest BCUT2D eigenvalue weighted by molar-refractivity contribution is 5.98. The molecule has 3 rings (SSSR count). The van der Waals surface area contributed by atoms with Crippen LogP contribution in [0.3, 0.4) is 0 Å². The molecule has 1 aliphatic heterocycles. The fourth-order valence-corrected chi connectivity index (χ4v) is 4.04. The molecule has 2 bridgehead atoms. The van der Waals surface area contributed by atoms with Gasteiger partial charge in [0.05, 0.1) is 19.6 Å². The van der Waals surface area contributed by atoms with E-state index in [1.807, 2.05) is 0 Å². The Labute approximate surface area is 121 Å². The van der Waals surface area contributed by atoms with E-state index in [0.29, 0.717) is 30.4 Å². The average molecular weight is 292 g/mol. The standard InChI is InChI=1S/C15H16O6/c1-20-14(19)15-9-3-4-10(15)11(16)5-2-8(6-21-7-9)12(15)13(17)18/h6-7,10,12H,2-5H2,1H3,(H,17,18)/t10-,12+,15+/m1/s1. The Morgan fingerprint density at radius 2 is 2.10 bits per heavy atom. The fourth-order valence-electron chi connectivity index (χ4n) is 4.04. The molecule has 1 heterocycles. The third-order valence-corrected chi connectivity index (χ3v) is 4.86. The highest BCUT2D eigenvalue weighted by Gasteiger charge is 2.65. The van der Waals surface area contributed by atoms with Gasteiger partial charge in [0, 0.05) is 12.3 Å². The number of carbonyl (C=O) groups excluding carboxylic acids is 2. The SMILES string of the molecule is COC(=O)[C@@]12C3=COC=C(CCC(=O)[C@H]1CC3)[C@H]2C(=O)O. The molecule has 3 aliphatic rings. The van der Waals surface area contributed by atoms with E-state index < -0.39 is 29.2 Å².